The highest BCUT2D eigenvalue weighted by molar-refractivity contribution is 6.02. The molecule has 0 spiro atoms. The third-order valence-corrected chi connectivity index (χ3v) is 5.32. The van der Waals surface area contributed by atoms with Gasteiger partial charge in [0.1, 0.15) is 6.04 Å². The van der Waals surface area contributed by atoms with Crippen LogP contribution < -0.4 is 10.2 Å². The number of rotatable bonds is 5. The fraction of sp³-hybridized carbons (Fsp3) is 0.174. The van der Waals surface area contributed by atoms with Crippen molar-refractivity contribution in [3.8, 4) is 0 Å². The lowest BCUT2D eigenvalue weighted by Gasteiger charge is -2.23. The van der Waals surface area contributed by atoms with Gasteiger partial charge in [-0.15, -0.1) is 0 Å². The van der Waals surface area contributed by atoms with Crippen molar-refractivity contribution in [3.63, 3.8) is 0 Å². The van der Waals surface area contributed by atoms with Crippen molar-refractivity contribution < 1.29 is 14.0 Å². The number of fused-ring (bicyclic) bond motifs is 3. The number of aromatic nitrogens is 2. The second-order valence-electron chi connectivity index (χ2n) is 7.24. The Morgan fingerprint density at radius 1 is 1.00 bits per heavy atom. The smallest absolute Gasteiger partial charge is 0.287 e. The number of nitrogens with one attached hydrogen (secondary N) is 1. The maximum Gasteiger partial charge on any atom is 0.287 e. The molecule has 30 heavy (non-hydrogen) atoms. The number of furan rings is 1. The van der Waals surface area contributed by atoms with Gasteiger partial charge in [-0.2, -0.15) is 0 Å². The van der Waals surface area contributed by atoms with Crippen LogP contribution in [-0.2, 0) is 17.8 Å². The molecule has 0 aliphatic carbocycles. The number of hydrogen-bond acceptors (Lipinski definition) is 4. The fourth-order valence-corrected chi connectivity index (χ4v) is 3.87. The van der Waals surface area contributed by atoms with Gasteiger partial charge in [-0.1, -0.05) is 42.5 Å². The second kappa shape index (κ2) is 7.51. The van der Waals surface area contributed by atoms with E-state index in [1.807, 2.05) is 59.2 Å². The summed E-state index contributed by atoms with van der Waals surface area (Å²) in [7, 11) is 0. The molecule has 1 unspecified atom stereocenters. The number of carbonyl (C=O) groups is 2. The van der Waals surface area contributed by atoms with Gasteiger partial charge >= 0.3 is 0 Å². The summed E-state index contributed by atoms with van der Waals surface area (Å²) >= 11 is 0. The summed E-state index contributed by atoms with van der Waals surface area (Å²) in [5, 5.41) is 2.85. The molecule has 7 heteroatoms. The largest absolute Gasteiger partial charge is 0.459 e. The molecule has 2 aromatic heterocycles. The van der Waals surface area contributed by atoms with Crippen molar-refractivity contribution >= 4 is 28.8 Å². The van der Waals surface area contributed by atoms with Crippen LogP contribution in [-0.4, -0.2) is 34.0 Å². The van der Waals surface area contributed by atoms with E-state index in [-0.39, 0.29) is 11.7 Å². The molecule has 7 nitrogen and oxygen atoms in total. The summed E-state index contributed by atoms with van der Waals surface area (Å²) in [6.07, 6.45) is 1.81. The summed E-state index contributed by atoms with van der Waals surface area (Å²) in [5.74, 6) is 0.191. The van der Waals surface area contributed by atoms with E-state index in [1.54, 1.807) is 17.0 Å². The van der Waals surface area contributed by atoms with Gasteiger partial charge in [-0.25, -0.2) is 4.98 Å². The van der Waals surface area contributed by atoms with E-state index in [9.17, 15) is 9.59 Å². The highest BCUT2D eigenvalue weighted by Crippen LogP contribution is 2.28. The van der Waals surface area contributed by atoms with Gasteiger partial charge in [0.05, 0.1) is 17.3 Å². The van der Waals surface area contributed by atoms with E-state index >= 15 is 0 Å². The Morgan fingerprint density at radius 2 is 1.80 bits per heavy atom. The van der Waals surface area contributed by atoms with Crippen LogP contribution in [0.5, 0.6) is 0 Å². The number of amides is 2. The first-order valence-corrected chi connectivity index (χ1v) is 9.85. The summed E-state index contributed by atoms with van der Waals surface area (Å²) < 4.78 is 7.24. The van der Waals surface area contributed by atoms with Crippen molar-refractivity contribution in [3.05, 3.63) is 84.3 Å². The Kier molecular flexibility index (Phi) is 4.55. The number of para-hydroxylation sites is 2. The molecule has 1 N–H and O–H groups in total. The number of nitrogens with zero attached hydrogens (tertiary/aromatic N) is 3. The first-order valence-electron chi connectivity index (χ1n) is 9.85. The van der Waals surface area contributed by atoms with E-state index < -0.39 is 11.9 Å². The molecule has 0 saturated carbocycles. The van der Waals surface area contributed by atoms with Gasteiger partial charge in [0.15, 0.2) is 5.76 Å². The SMILES string of the molecule is O=C(NC(Cc1ccccc1)C(=O)N1CCn2c1nc1ccccc12)c1ccco1. The zero-order chi connectivity index (χ0) is 20.5. The molecule has 2 amide bonds. The van der Waals surface area contributed by atoms with E-state index in [2.05, 4.69) is 10.3 Å². The summed E-state index contributed by atoms with van der Waals surface area (Å²) in [6.45, 7) is 1.19. The molecule has 5 rings (SSSR count). The van der Waals surface area contributed by atoms with Gasteiger partial charge in [-0.05, 0) is 29.8 Å². The molecular weight excluding hydrogens is 380 g/mol. The summed E-state index contributed by atoms with van der Waals surface area (Å²) in [6, 6.07) is 20.0. The Labute approximate surface area is 172 Å². The maximum absolute atomic E-state index is 13.5. The van der Waals surface area contributed by atoms with Gasteiger partial charge < -0.3 is 14.3 Å². The number of imidazole rings is 1. The Hall–Kier alpha value is -3.87. The molecule has 150 valence electrons. The van der Waals surface area contributed by atoms with Crippen LogP contribution in [0.2, 0.25) is 0 Å². The topological polar surface area (TPSA) is 80.4 Å². The lowest BCUT2D eigenvalue weighted by Crippen LogP contribution is -2.49. The molecule has 3 heterocycles. The minimum Gasteiger partial charge on any atom is -0.459 e. The average molecular weight is 400 g/mol. The third kappa shape index (κ3) is 3.24. The molecule has 4 aromatic rings. The predicted octanol–water partition coefficient (Wildman–Crippen LogP) is 3.02. The van der Waals surface area contributed by atoms with Crippen molar-refractivity contribution in [2.24, 2.45) is 0 Å². The maximum atomic E-state index is 13.5. The second-order valence-corrected chi connectivity index (χ2v) is 7.24. The molecule has 0 saturated heterocycles. The summed E-state index contributed by atoms with van der Waals surface area (Å²) in [5.41, 5.74) is 2.81. The number of anilines is 1. The number of hydrogen-bond donors (Lipinski definition) is 1. The molecule has 1 aliphatic heterocycles. The van der Waals surface area contributed by atoms with Crippen molar-refractivity contribution in [1.82, 2.24) is 14.9 Å². The van der Waals surface area contributed by atoms with Gasteiger partial charge in [0.25, 0.3) is 11.8 Å². The van der Waals surface area contributed by atoms with Gasteiger partial charge in [0, 0.05) is 19.5 Å². The Balaban J connectivity index is 1.45. The van der Waals surface area contributed by atoms with Gasteiger partial charge in [0.2, 0.25) is 5.95 Å². The quantitative estimate of drug-likeness (QED) is 0.558. The molecule has 1 aliphatic rings. The lowest BCUT2D eigenvalue weighted by molar-refractivity contribution is -0.120. The third-order valence-electron chi connectivity index (χ3n) is 5.32. The molecule has 0 fully saturated rings. The fourth-order valence-electron chi connectivity index (χ4n) is 3.87. The standard InChI is InChI=1S/C23H20N4O3/c28-21(20-11-6-14-30-20)24-18(15-16-7-2-1-3-8-16)22(29)27-13-12-26-19-10-5-4-9-17(19)25-23(26)27/h1-11,14,18H,12-13,15H2,(H,24,28). The van der Waals surface area contributed by atoms with Crippen molar-refractivity contribution in [1.29, 1.82) is 0 Å². The van der Waals surface area contributed by atoms with Gasteiger partial charge in [-0.3, -0.25) is 14.5 Å². The first kappa shape index (κ1) is 18.2. The Morgan fingerprint density at radius 3 is 2.60 bits per heavy atom. The minimum absolute atomic E-state index is 0.175. The highest BCUT2D eigenvalue weighted by atomic mass is 16.3. The van der Waals surface area contributed by atoms with Crippen LogP contribution >= 0.6 is 0 Å². The normalized spacial score (nSPS) is 13.9. The highest BCUT2D eigenvalue weighted by Gasteiger charge is 2.34. The lowest BCUT2D eigenvalue weighted by atomic mass is 10.0. The minimum atomic E-state index is -0.739. The Bertz CT molecular complexity index is 1200. The van der Waals surface area contributed by atoms with E-state index in [0.29, 0.717) is 25.5 Å². The number of carbonyl (C=O) groups excluding carboxylic acids is 2. The van der Waals surface area contributed by atoms with Crippen LogP contribution in [0.15, 0.2) is 77.4 Å². The van der Waals surface area contributed by atoms with Crippen LogP contribution in [0.25, 0.3) is 11.0 Å². The van der Waals surface area contributed by atoms with Crippen LogP contribution in [0.3, 0.4) is 0 Å². The van der Waals surface area contributed by atoms with Crippen LogP contribution in [0.4, 0.5) is 5.95 Å². The van der Waals surface area contributed by atoms with Crippen LogP contribution in [0, 0.1) is 0 Å². The molecule has 2 aromatic carbocycles. The van der Waals surface area contributed by atoms with Crippen molar-refractivity contribution in [2.45, 2.75) is 19.0 Å². The first-order chi connectivity index (χ1) is 14.7. The average Bonchev–Trinajstić information content (AvgIpc) is 3.50. The zero-order valence-electron chi connectivity index (χ0n) is 16.2. The molecule has 1 atom stereocenters. The predicted molar refractivity (Wildman–Crippen MR) is 112 cm³/mol. The molecule has 0 bridgehead atoms. The van der Waals surface area contributed by atoms with E-state index in [4.69, 9.17) is 4.42 Å². The molecular formula is C23H20N4O3. The number of benzene rings is 2. The van der Waals surface area contributed by atoms with Crippen LogP contribution in [0.1, 0.15) is 16.1 Å². The monoisotopic (exact) mass is 400 g/mol. The van der Waals surface area contributed by atoms with E-state index in [0.717, 1.165) is 16.6 Å². The van der Waals surface area contributed by atoms with Crippen molar-refractivity contribution in [2.75, 3.05) is 11.4 Å². The van der Waals surface area contributed by atoms with E-state index in [1.165, 1.54) is 6.26 Å². The molecule has 0 radical (unpaired) electrons. The summed E-state index contributed by atoms with van der Waals surface area (Å²) in [4.78, 5) is 32.5. The zero-order valence-corrected chi connectivity index (χ0v) is 16.2.